The van der Waals surface area contributed by atoms with Crippen molar-refractivity contribution in [1.29, 1.82) is 0 Å². The summed E-state index contributed by atoms with van der Waals surface area (Å²) in [6.45, 7) is 3.80. The van der Waals surface area contributed by atoms with Crippen LogP contribution >= 0.6 is 34.2 Å². The van der Waals surface area contributed by atoms with E-state index in [4.69, 9.17) is 16.3 Å². The third-order valence-electron chi connectivity index (χ3n) is 5.24. The zero-order valence-corrected chi connectivity index (χ0v) is 22.0. The van der Waals surface area contributed by atoms with Crippen molar-refractivity contribution in [2.45, 2.75) is 34.1 Å². The van der Waals surface area contributed by atoms with Gasteiger partial charge in [-0.15, -0.1) is 0 Å². The normalized spacial score (nSPS) is 11.4. The molecule has 4 aromatic carbocycles. The van der Waals surface area contributed by atoms with Crippen molar-refractivity contribution in [1.82, 2.24) is 0 Å². The van der Waals surface area contributed by atoms with Crippen LogP contribution in [0.3, 0.4) is 0 Å². The molecule has 4 aromatic rings. The molecule has 0 N–H and O–H groups in total. The van der Waals surface area contributed by atoms with Gasteiger partial charge in [-0.25, -0.2) is 4.79 Å². The van der Waals surface area contributed by atoms with E-state index in [1.807, 2.05) is 44.2 Å². The number of rotatable bonds is 6. The predicted molar refractivity (Wildman–Crippen MR) is 144 cm³/mol. The van der Waals surface area contributed by atoms with Gasteiger partial charge in [0, 0.05) is 3.57 Å². The quantitative estimate of drug-likeness (QED) is 0.130. The highest BCUT2D eigenvalue weighted by Gasteiger charge is 2.31. The third kappa shape index (κ3) is 5.62. The molecular weight excluding hydrogens is 563 g/mol. The molecule has 0 saturated heterocycles. The van der Waals surface area contributed by atoms with Gasteiger partial charge in [-0.1, -0.05) is 60.1 Å². The van der Waals surface area contributed by atoms with E-state index in [9.17, 15) is 4.79 Å². The number of hydrogen-bond donors (Lipinski definition) is 0. The number of halogens is 2. The lowest BCUT2D eigenvalue weighted by Crippen LogP contribution is -2.26. The van der Waals surface area contributed by atoms with Gasteiger partial charge in [-0.3, -0.25) is 0 Å². The molecule has 0 saturated carbocycles. The van der Waals surface area contributed by atoms with Crippen molar-refractivity contribution < 1.29 is 9.53 Å². The van der Waals surface area contributed by atoms with Crippen LogP contribution in [-0.2, 0) is 21.2 Å². The van der Waals surface area contributed by atoms with Crippen molar-refractivity contribution in [3.63, 3.8) is 0 Å². The molecule has 2 nitrogen and oxygen atoms in total. The minimum absolute atomic E-state index is 0.222. The Labute approximate surface area is 216 Å². The van der Waals surface area contributed by atoms with Crippen LogP contribution in [-0.4, -0.2) is 5.97 Å². The summed E-state index contributed by atoms with van der Waals surface area (Å²) in [5.41, 5.74) is 0.493. The molecule has 0 bridgehead atoms. The maximum atomic E-state index is 12.8. The number of ether oxygens (including phenoxy) is 1. The molecule has 0 atom stereocenters. The van der Waals surface area contributed by atoms with E-state index in [1.54, 1.807) is 12.1 Å². The highest BCUT2D eigenvalue weighted by molar-refractivity contribution is 14.1. The Morgan fingerprint density at radius 3 is 1.85 bits per heavy atom. The predicted octanol–water partition coefficient (Wildman–Crippen LogP) is 8.13. The average molecular weight is 586 g/mol. The van der Waals surface area contributed by atoms with Crippen LogP contribution in [0.5, 0.6) is 0 Å². The van der Waals surface area contributed by atoms with Gasteiger partial charge in [0.2, 0.25) is 0 Å². The second-order valence-corrected chi connectivity index (χ2v) is 11.7. The van der Waals surface area contributed by atoms with Crippen molar-refractivity contribution in [3.05, 3.63) is 123 Å². The van der Waals surface area contributed by atoms with Gasteiger partial charge in [0.1, 0.15) is 5.60 Å². The molecule has 0 aliphatic rings. The van der Waals surface area contributed by atoms with Gasteiger partial charge >= 0.3 is 5.97 Å². The summed E-state index contributed by atoms with van der Waals surface area (Å²) in [7, 11) is -0.222. The monoisotopic (exact) mass is 585 g/mol. The standard InChI is InChI=1S/C28H23ClIO2S/c1-28(2,32-27(31)25-19-21(30)15-18-26(25)29)20-13-16-24(17-14-20)33(22-9-5-3-6-10-22)23-11-7-4-8-12-23/h3-19H,1-2H3/q+1. The van der Waals surface area contributed by atoms with E-state index in [1.165, 1.54) is 14.7 Å². The van der Waals surface area contributed by atoms with Gasteiger partial charge in [-0.2, -0.15) is 0 Å². The van der Waals surface area contributed by atoms with Crippen LogP contribution in [0.2, 0.25) is 5.02 Å². The number of carbonyl (C=O) groups is 1. The van der Waals surface area contributed by atoms with Crippen molar-refractivity contribution >= 4 is 51.1 Å². The molecule has 0 heterocycles. The molecule has 0 radical (unpaired) electrons. The van der Waals surface area contributed by atoms with Crippen LogP contribution in [0, 0.1) is 3.57 Å². The van der Waals surface area contributed by atoms with Gasteiger partial charge in [0.25, 0.3) is 0 Å². The van der Waals surface area contributed by atoms with Gasteiger partial charge in [0.05, 0.1) is 21.5 Å². The van der Waals surface area contributed by atoms with Crippen LogP contribution in [0.25, 0.3) is 0 Å². The first-order valence-electron chi connectivity index (χ1n) is 10.5. The molecule has 0 aliphatic carbocycles. The summed E-state index contributed by atoms with van der Waals surface area (Å²) in [5, 5.41) is 0.390. The summed E-state index contributed by atoms with van der Waals surface area (Å²) >= 11 is 8.39. The number of benzene rings is 4. The lowest BCUT2D eigenvalue weighted by molar-refractivity contribution is -0.00313. The maximum Gasteiger partial charge on any atom is 0.340 e. The largest absolute Gasteiger partial charge is 0.451 e. The zero-order chi connectivity index (χ0) is 23.4. The lowest BCUT2D eigenvalue weighted by Gasteiger charge is -2.26. The zero-order valence-electron chi connectivity index (χ0n) is 18.3. The minimum atomic E-state index is -0.807. The highest BCUT2D eigenvalue weighted by atomic mass is 127. The lowest BCUT2D eigenvalue weighted by atomic mass is 9.98. The fourth-order valence-corrected chi connectivity index (χ4v) is 6.28. The Balaban J connectivity index is 1.62. The molecule has 166 valence electrons. The Hall–Kier alpha value is -2.28. The summed E-state index contributed by atoms with van der Waals surface area (Å²) in [6.07, 6.45) is 0. The topological polar surface area (TPSA) is 26.3 Å². The average Bonchev–Trinajstić information content (AvgIpc) is 2.82. The number of carbonyl (C=O) groups excluding carboxylic acids is 1. The number of esters is 1. The van der Waals surface area contributed by atoms with Crippen molar-refractivity contribution in [2.75, 3.05) is 0 Å². The molecule has 0 aromatic heterocycles. The SMILES string of the molecule is CC(C)(OC(=O)c1cc(I)ccc1Cl)c1ccc([S+](c2ccccc2)c2ccccc2)cc1. The molecule has 33 heavy (non-hydrogen) atoms. The van der Waals surface area contributed by atoms with Crippen molar-refractivity contribution in [2.24, 2.45) is 0 Å². The minimum Gasteiger partial charge on any atom is -0.451 e. The molecule has 0 aliphatic heterocycles. The Kier molecular flexibility index (Phi) is 7.47. The summed E-state index contributed by atoms with van der Waals surface area (Å²) < 4.78 is 6.82. The van der Waals surface area contributed by atoms with Crippen LogP contribution < -0.4 is 0 Å². The second-order valence-electron chi connectivity index (χ2n) is 7.98. The van der Waals surface area contributed by atoms with Crippen LogP contribution in [0.15, 0.2) is 118 Å². The van der Waals surface area contributed by atoms with E-state index in [-0.39, 0.29) is 10.9 Å². The summed E-state index contributed by atoms with van der Waals surface area (Å²) in [6, 6.07) is 34.7. The van der Waals surface area contributed by atoms with Gasteiger partial charge in [-0.05, 0) is 96.6 Å². The molecule has 0 amide bonds. The van der Waals surface area contributed by atoms with Gasteiger partial charge < -0.3 is 4.74 Å². The van der Waals surface area contributed by atoms with E-state index in [0.717, 1.165) is 9.13 Å². The van der Waals surface area contributed by atoms with Crippen LogP contribution in [0.1, 0.15) is 29.8 Å². The molecule has 0 spiro atoms. The Morgan fingerprint density at radius 2 is 1.30 bits per heavy atom. The third-order valence-corrected chi connectivity index (χ3v) is 8.47. The Morgan fingerprint density at radius 1 is 0.788 bits per heavy atom. The van der Waals surface area contributed by atoms with Crippen molar-refractivity contribution in [3.8, 4) is 0 Å². The van der Waals surface area contributed by atoms with Gasteiger partial charge in [0.15, 0.2) is 14.7 Å². The maximum absolute atomic E-state index is 12.8. The van der Waals surface area contributed by atoms with E-state index in [0.29, 0.717) is 10.6 Å². The first-order valence-corrected chi connectivity index (χ1v) is 13.2. The van der Waals surface area contributed by atoms with E-state index >= 15 is 0 Å². The molecule has 5 heteroatoms. The highest BCUT2D eigenvalue weighted by Crippen LogP contribution is 2.34. The number of hydrogen-bond acceptors (Lipinski definition) is 2. The first kappa shape index (κ1) is 23.9. The first-order chi connectivity index (χ1) is 15.8. The summed E-state index contributed by atoms with van der Waals surface area (Å²) in [5.74, 6) is -0.430. The van der Waals surface area contributed by atoms with E-state index in [2.05, 4.69) is 83.3 Å². The molecule has 0 unspecified atom stereocenters. The molecule has 0 fully saturated rings. The molecule has 4 rings (SSSR count). The smallest absolute Gasteiger partial charge is 0.340 e. The fraction of sp³-hybridized carbons (Fsp3) is 0.107. The second kappa shape index (κ2) is 10.3. The summed E-state index contributed by atoms with van der Waals surface area (Å²) in [4.78, 5) is 16.6. The fourth-order valence-electron chi connectivity index (χ4n) is 3.51. The Bertz CT molecular complexity index is 1200. The molecular formula is C28H23ClIO2S+. The van der Waals surface area contributed by atoms with E-state index < -0.39 is 11.6 Å². The van der Waals surface area contributed by atoms with Crippen LogP contribution in [0.4, 0.5) is 0 Å².